The number of alkyl halides is 3. The molecule has 2 rings (SSSR count). The van der Waals surface area contributed by atoms with Gasteiger partial charge in [-0.25, -0.2) is 4.79 Å². The number of H-pyrrole nitrogens is 1. The SMILES string of the molecule is CN(Cc1noc(=O)[nH]1)C(=O)c1cc(C(F)(F)F)n(C)n1. The number of nitrogens with zero attached hydrogens (tertiary/aromatic N) is 4. The lowest BCUT2D eigenvalue weighted by atomic mass is 10.3. The summed E-state index contributed by atoms with van der Waals surface area (Å²) in [6, 6.07) is 0.657. The molecule has 0 aliphatic rings. The van der Waals surface area contributed by atoms with Crippen molar-refractivity contribution in [3.8, 4) is 0 Å². The van der Waals surface area contributed by atoms with Gasteiger partial charge in [-0.15, -0.1) is 0 Å². The molecule has 2 aromatic rings. The Bertz CT molecular complexity index is 714. The van der Waals surface area contributed by atoms with Crippen LogP contribution in [0.2, 0.25) is 0 Å². The van der Waals surface area contributed by atoms with Gasteiger partial charge in [0.25, 0.3) is 5.91 Å². The zero-order valence-corrected chi connectivity index (χ0v) is 10.9. The van der Waals surface area contributed by atoms with E-state index in [1.165, 1.54) is 7.05 Å². The van der Waals surface area contributed by atoms with Gasteiger partial charge in [0.15, 0.2) is 11.5 Å². The van der Waals surface area contributed by atoms with Gasteiger partial charge in [0.2, 0.25) is 0 Å². The maximum absolute atomic E-state index is 12.6. The summed E-state index contributed by atoms with van der Waals surface area (Å²) < 4.78 is 42.7. The molecule has 2 heterocycles. The first-order chi connectivity index (χ1) is 9.68. The van der Waals surface area contributed by atoms with Crippen LogP contribution >= 0.6 is 0 Å². The van der Waals surface area contributed by atoms with E-state index in [-0.39, 0.29) is 18.1 Å². The number of rotatable bonds is 3. The zero-order chi connectivity index (χ0) is 15.8. The molecule has 0 unspecified atom stereocenters. The van der Waals surface area contributed by atoms with E-state index in [2.05, 4.69) is 19.8 Å². The molecule has 0 aliphatic carbocycles. The third-order valence-electron chi connectivity index (χ3n) is 2.61. The van der Waals surface area contributed by atoms with Gasteiger partial charge in [-0.05, 0) is 0 Å². The molecule has 0 saturated carbocycles. The van der Waals surface area contributed by atoms with Gasteiger partial charge in [-0.2, -0.15) is 18.3 Å². The van der Waals surface area contributed by atoms with Crippen LogP contribution < -0.4 is 5.76 Å². The van der Waals surface area contributed by atoms with Crippen LogP contribution in [0, 0.1) is 0 Å². The molecule has 2 aromatic heterocycles. The van der Waals surface area contributed by atoms with Crippen LogP contribution in [0.3, 0.4) is 0 Å². The Morgan fingerprint density at radius 2 is 2.19 bits per heavy atom. The number of hydrogen-bond donors (Lipinski definition) is 1. The third-order valence-corrected chi connectivity index (χ3v) is 2.61. The Labute approximate surface area is 115 Å². The van der Waals surface area contributed by atoms with Crippen molar-refractivity contribution >= 4 is 5.91 Å². The summed E-state index contributed by atoms with van der Waals surface area (Å²) >= 11 is 0. The first kappa shape index (κ1) is 14.8. The topological polar surface area (TPSA) is 97.0 Å². The standard InChI is InChI=1S/C10H10F3N5O3/c1-17(4-7-14-9(20)21-16-7)8(19)5-3-6(10(11,12)13)18(2)15-5/h3H,4H2,1-2H3,(H,14,16,20). The zero-order valence-electron chi connectivity index (χ0n) is 10.9. The molecule has 0 fully saturated rings. The monoisotopic (exact) mass is 305 g/mol. The molecule has 1 N–H and O–H groups in total. The Morgan fingerprint density at radius 1 is 1.52 bits per heavy atom. The van der Waals surface area contributed by atoms with Gasteiger partial charge in [0.1, 0.15) is 5.69 Å². The largest absolute Gasteiger partial charge is 0.438 e. The molecule has 21 heavy (non-hydrogen) atoms. The number of halogens is 3. The average molecular weight is 305 g/mol. The molecule has 0 saturated heterocycles. The number of aryl methyl sites for hydroxylation is 1. The maximum Gasteiger partial charge on any atom is 0.438 e. The third kappa shape index (κ3) is 3.12. The van der Waals surface area contributed by atoms with E-state index >= 15 is 0 Å². The summed E-state index contributed by atoms with van der Waals surface area (Å²) in [6.07, 6.45) is -4.60. The fraction of sp³-hybridized carbons (Fsp3) is 0.400. The van der Waals surface area contributed by atoms with Crippen LogP contribution in [0.1, 0.15) is 22.0 Å². The highest BCUT2D eigenvalue weighted by Gasteiger charge is 2.36. The van der Waals surface area contributed by atoms with Crippen LogP contribution in [-0.2, 0) is 19.8 Å². The number of carbonyl (C=O) groups is 1. The van der Waals surface area contributed by atoms with E-state index < -0.39 is 23.5 Å². The number of aromatic nitrogens is 4. The summed E-state index contributed by atoms with van der Waals surface area (Å²) in [7, 11) is 2.42. The highest BCUT2D eigenvalue weighted by molar-refractivity contribution is 5.92. The minimum absolute atomic E-state index is 0.0721. The molecule has 8 nitrogen and oxygen atoms in total. The maximum atomic E-state index is 12.6. The second kappa shape index (κ2) is 5.07. The highest BCUT2D eigenvalue weighted by atomic mass is 19.4. The Morgan fingerprint density at radius 3 is 2.67 bits per heavy atom. The van der Waals surface area contributed by atoms with Crippen molar-refractivity contribution in [3.05, 3.63) is 33.8 Å². The van der Waals surface area contributed by atoms with E-state index in [0.717, 1.165) is 11.9 Å². The Hall–Kier alpha value is -2.59. The number of aromatic amines is 1. The number of nitrogens with one attached hydrogen (secondary N) is 1. The van der Waals surface area contributed by atoms with Crippen molar-refractivity contribution in [2.24, 2.45) is 7.05 Å². The molecule has 11 heteroatoms. The first-order valence-corrected chi connectivity index (χ1v) is 5.60. The van der Waals surface area contributed by atoms with Crippen LogP contribution in [0.15, 0.2) is 15.4 Å². The molecule has 0 spiro atoms. The predicted molar refractivity (Wildman–Crippen MR) is 61.1 cm³/mol. The predicted octanol–water partition coefficient (Wildman–Crippen LogP) is 0.387. The van der Waals surface area contributed by atoms with E-state index in [1.54, 1.807) is 0 Å². The van der Waals surface area contributed by atoms with Crippen molar-refractivity contribution in [2.45, 2.75) is 12.7 Å². The molecule has 0 radical (unpaired) electrons. The van der Waals surface area contributed by atoms with Crippen molar-refractivity contribution in [1.82, 2.24) is 24.8 Å². The van der Waals surface area contributed by atoms with Gasteiger partial charge in [0, 0.05) is 20.2 Å². The minimum Gasteiger partial charge on any atom is -0.333 e. The molecule has 1 amide bonds. The number of carbonyl (C=O) groups excluding carboxylic acids is 1. The molecule has 0 atom stereocenters. The quantitative estimate of drug-likeness (QED) is 0.884. The van der Waals surface area contributed by atoms with Gasteiger partial charge in [-0.3, -0.25) is 19.0 Å². The number of amides is 1. The molecule has 114 valence electrons. The minimum atomic E-state index is -4.60. The van der Waals surface area contributed by atoms with Crippen molar-refractivity contribution in [1.29, 1.82) is 0 Å². The van der Waals surface area contributed by atoms with Crippen LogP contribution in [0.5, 0.6) is 0 Å². The Kier molecular flexibility index (Phi) is 3.58. The average Bonchev–Trinajstić information content (AvgIpc) is 2.94. The lowest BCUT2D eigenvalue weighted by molar-refractivity contribution is -0.143. The van der Waals surface area contributed by atoms with E-state index in [4.69, 9.17) is 0 Å². The summed E-state index contributed by atoms with van der Waals surface area (Å²) in [5.74, 6) is -1.46. The summed E-state index contributed by atoms with van der Waals surface area (Å²) in [5, 5.41) is 6.89. The van der Waals surface area contributed by atoms with Gasteiger partial charge in [-0.1, -0.05) is 5.16 Å². The normalized spacial score (nSPS) is 11.7. The van der Waals surface area contributed by atoms with Crippen molar-refractivity contribution in [3.63, 3.8) is 0 Å². The lowest BCUT2D eigenvalue weighted by Crippen LogP contribution is -2.27. The molecular weight excluding hydrogens is 295 g/mol. The van der Waals surface area contributed by atoms with E-state index in [9.17, 15) is 22.8 Å². The van der Waals surface area contributed by atoms with Gasteiger partial charge < -0.3 is 4.90 Å². The van der Waals surface area contributed by atoms with Crippen LogP contribution in [0.25, 0.3) is 0 Å². The Balaban J connectivity index is 2.18. The fourth-order valence-corrected chi connectivity index (χ4v) is 1.66. The van der Waals surface area contributed by atoms with Crippen molar-refractivity contribution < 1.29 is 22.5 Å². The highest BCUT2D eigenvalue weighted by Crippen LogP contribution is 2.29. The first-order valence-electron chi connectivity index (χ1n) is 5.60. The molecular formula is C10H10F3N5O3. The summed E-state index contributed by atoms with van der Waals surface area (Å²) in [5.41, 5.74) is -1.40. The van der Waals surface area contributed by atoms with Crippen LogP contribution in [-0.4, -0.2) is 37.8 Å². The van der Waals surface area contributed by atoms with E-state index in [0.29, 0.717) is 10.7 Å². The second-order valence-corrected chi connectivity index (χ2v) is 4.24. The lowest BCUT2D eigenvalue weighted by Gasteiger charge is -2.13. The summed E-state index contributed by atoms with van der Waals surface area (Å²) in [6.45, 7) is -0.136. The fourth-order valence-electron chi connectivity index (χ4n) is 1.66. The smallest absolute Gasteiger partial charge is 0.333 e. The molecule has 0 aliphatic heterocycles. The van der Waals surface area contributed by atoms with E-state index in [1.807, 2.05) is 0 Å². The number of hydrogen-bond acceptors (Lipinski definition) is 5. The molecule has 0 aromatic carbocycles. The second-order valence-electron chi connectivity index (χ2n) is 4.24. The summed E-state index contributed by atoms with van der Waals surface area (Å²) in [4.78, 5) is 26.0. The molecule has 0 bridgehead atoms. The van der Waals surface area contributed by atoms with Gasteiger partial charge >= 0.3 is 11.9 Å². The van der Waals surface area contributed by atoms with Crippen molar-refractivity contribution in [2.75, 3.05) is 7.05 Å². The van der Waals surface area contributed by atoms with Gasteiger partial charge in [0.05, 0.1) is 6.54 Å². The van der Waals surface area contributed by atoms with Crippen LogP contribution in [0.4, 0.5) is 13.2 Å².